The summed E-state index contributed by atoms with van der Waals surface area (Å²) in [6, 6.07) is 2.99. The second-order valence-corrected chi connectivity index (χ2v) is 5.55. The van der Waals surface area contributed by atoms with Crippen LogP contribution in [0.15, 0.2) is 18.2 Å². The van der Waals surface area contributed by atoms with Gasteiger partial charge in [-0.25, -0.2) is 4.68 Å². The Morgan fingerprint density at radius 2 is 2.13 bits per heavy atom. The quantitative estimate of drug-likeness (QED) is 0.878. The van der Waals surface area contributed by atoms with Crippen molar-refractivity contribution < 1.29 is 18.0 Å². The number of rotatable bonds is 2. The Labute approximate surface area is 134 Å². The molecule has 0 fully saturated rings. The molecule has 0 bridgehead atoms. The molecule has 1 aliphatic rings. The first-order valence-corrected chi connectivity index (χ1v) is 7.15. The summed E-state index contributed by atoms with van der Waals surface area (Å²) in [4.78, 5) is 11.5. The molecule has 0 aliphatic carbocycles. The molecular formula is C14H12ClF3N4O. The zero-order valence-electron chi connectivity index (χ0n) is 11.7. The summed E-state index contributed by atoms with van der Waals surface area (Å²) in [6.45, 7) is 0.998. The van der Waals surface area contributed by atoms with Gasteiger partial charge in [-0.1, -0.05) is 11.6 Å². The molecule has 0 atom stereocenters. The van der Waals surface area contributed by atoms with E-state index in [1.165, 1.54) is 10.7 Å². The summed E-state index contributed by atoms with van der Waals surface area (Å²) < 4.78 is 40.1. The van der Waals surface area contributed by atoms with Crippen molar-refractivity contribution in [1.82, 2.24) is 15.1 Å². The number of aromatic nitrogens is 2. The van der Waals surface area contributed by atoms with Crippen molar-refractivity contribution in [2.75, 3.05) is 6.54 Å². The van der Waals surface area contributed by atoms with E-state index in [0.717, 1.165) is 12.1 Å². The van der Waals surface area contributed by atoms with Crippen molar-refractivity contribution in [3.63, 3.8) is 0 Å². The number of amides is 1. The first-order valence-electron chi connectivity index (χ1n) is 6.77. The van der Waals surface area contributed by atoms with Crippen LogP contribution < -0.4 is 11.1 Å². The number of halogens is 4. The molecule has 0 spiro atoms. The molecule has 0 radical (unpaired) electrons. The molecular weight excluding hydrogens is 333 g/mol. The van der Waals surface area contributed by atoms with Crippen LogP contribution in [-0.2, 0) is 19.1 Å². The van der Waals surface area contributed by atoms with Crippen molar-refractivity contribution >= 4 is 17.5 Å². The van der Waals surface area contributed by atoms with Crippen molar-refractivity contribution in [3.8, 4) is 5.69 Å². The lowest BCUT2D eigenvalue weighted by atomic mass is 10.1. The molecule has 0 unspecified atom stereocenters. The lowest BCUT2D eigenvalue weighted by Gasteiger charge is -2.17. The monoisotopic (exact) mass is 344 g/mol. The van der Waals surface area contributed by atoms with Crippen LogP contribution in [0, 0.1) is 0 Å². The third-order valence-electron chi connectivity index (χ3n) is 3.67. The molecule has 9 heteroatoms. The Morgan fingerprint density at radius 3 is 2.78 bits per heavy atom. The van der Waals surface area contributed by atoms with Gasteiger partial charge in [0, 0.05) is 25.1 Å². The molecule has 1 aliphatic heterocycles. The minimum atomic E-state index is -4.50. The predicted octanol–water partition coefficient (Wildman–Crippen LogP) is 2.29. The van der Waals surface area contributed by atoms with Crippen LogP contribution in [0.1, 0.15) is 27.3 Å². The van der Waals surface area contributed by atoms with E-state index in [-0.39, 0.29) is 16.4 Å². The Kier molecular flexibility index (Phi) is 3.81. The van der Waals surface area contributed by atoms with Crippen LogP contribution in [0.4, 0.5) is 13.2 Å². The number of nitrogens with zero attached hydrogens (tertiary/aromatic N) is 2. The molecule has 0 saturated carbocycles. The van der Waals surface area contributed by atoms with Crippen LogP contribution in [0.25, 0.3) is 5.69 Å². The maximum atomic E-state index is 12.9. The van der Waals surface area contributed by atoms with Crippen LogP contribution in [-0.4, -0.2) is 22.2 Å². The number of benzene rings is 1. The second-order valence-electron chi connectivity index (χ2n) is 5.14. The van der Waals surface area contributed by atoms with Gasteiger partial charge in [0.15, 0.2) is 5.69 Å². The molecule has 2 heterocycles. The van der Waals surface area contributed by atoms with Crippen molar-refractivity contribution in [2.24, 2.45) is 5.73 Å². The van der Waals surface area contributed by atoms with E-state index < -0.39 is 17.6 Å². The molecule has 2 aromatic rings. The molecule has 3 N–H and O–H groups in total. The Hall–Kier alpha value is -2.06. The Balaban J connectivity index is 2.21. The number of carbonyl (C=O) groups excluding carboxylic acids is 1. The highest BCUT2D eigenvalue weighted by Gasteiger charge is 2.32. The summed E-state index contributed by atoms with van der Waals surface area (Å²) in [5.74, 6) is -0.730. The molecule has 122 valence electrons. The Bertz CT molecular complexity index is 785. The van der Waals surface area contributed by atoms with Gasteiger partial charge in [-0.3, -0.25) is 4.79 Å². The van der Waals surface area contributed by atoms with E-state index in [2.05, 4.69) is 10.4 Å². The van der Waals surface area contributed by atoms with E-state index in [9.17, 15) is 18.0 Å². The van der Waals surface area contributed by atoms with Gasteiger partial charge in [-0.05, 0) is 18.2 Å². The van der Waals surface area contributed by atoms with E-state index in [0.29, 0.717) is 30.8 Å². The first-order chi connectivity index (χ1) is 10.8. The number of carbonyl (C=O) groups is 1. The molecule has 3 rings (SSSR count). The molecule has 0 saturated heterocycles. The Morgan fingerprint density at radius 1 is 1.39 bits per heavy atom. The average molecular weight is 345 g/mol. The van der Waals surface area contributed by atoms with E-state index in [1.54, 1.807) is 0 Å². The fourth-order valence-corrected chi connectivity index (χ4v) is 2.79. The van der Waals surface area contributed by atoms with Gasteiger partial charge in [-0.15, -0.1) is 0 Å². The number of hydrogen-bond acceptors (Lipinski definition) is 3. The van der Waals surface area contributed by atoms with Gasteiger partial charge < -0.3 is 11.1 Å². The van der Waals surface area contributed by atoms with Gasteiger partial charge >= 0.3 is 6.18 Å². The maximum absolute atomic E-state index is 12.9. The van der Waals surface area contributed by atoms with Crippen LogP contribution >= 0.6 is 11.6 Å². The topological polar surface area (TPSA) is 72.9 Å². The van der Waals surface area contributed by atoms with Crippen molar-refractivity contribution in [2.45, 2.75) is 19.1 Å². The number of fused-ring (bicyclic) bond motifs is 1. The number of hydrogen-bond donors (Lipinski definition) is 2. The van der Waals surface area contributed by atoms with E-state index >= 15 is 0 Å². The summed E-state index contributed by atoms with van der Waals surface area (Å²) in [5, 5.41) is 7.28. The SMILES string of the molecule is NC(=O)c1nn(-c2cc(C(F)(F)F)ccc2Cl)c2c1CNCC2. The highest BCUT2D eigenvalue weighted by atomic mass is 35.5. The number of nitrogens with two attached hydrogens (primary N) is 1. The summed E-state index contributed by atoms with van der Waals surface area (Å²) in [6.07, 6.45) is -4.00. The summed E-state index contributed by atoms with van der Waals surface area (Å²) in [5.41, 5.74) is 5.82. The van der Waals surface area contributed by atoms with E-state index in [1.807, 2.05) is 0 Å². The number of nitrogens with one attached hydrogen (secondary N) is 1. The van der Waals surface area contributed by atoms with Crippen LogP contribution in [0.2, 0.25) is 5.02 Å². The smallest absolute Gasteiger partial charge is 0.364 e. The van der Waals surface area contributed by atoms with Gasteiger partial charge in [0.05, 0.1) is 22.0 Å². The average Bonchev–Trinajstić information content (AvgIpc) is 2.86. The number of alkyl halides is 3. The molecule has 1 amide bonds. The summed E-state index contributed by atoms with van der Waals surface area (Å²) >= 11 is 6.05. The fourth-order valence-electron chi connectivity index (χ4n) is 2.60. The number of primary amides is 1. The minimum Gasteiger partial charge on any atom is -0.364 e. The van der Waals surface area contributed by atoms with Gasteiger partial charge in [0.25, 0.3) is 5.91 Å². The highest BCUT2D eigenvalue weighted by Crippen LogP contribution is 2.34. The lowest BCUT2D eigenvalue weighted by Crippen LogP contribution is -2.26. The largest absolute Gasteiger partial charge is 0.416 e. The maximum Gasteiger partial charge on any atom is 0.416 e. The third kappa shape index (κ3) is 2.79. The standard InChI is InChI=1S/C14H12ClF3N4O/c15-9-2-1-7(14(16,17)18)5-11(9)22-10-3-4-20-6-8(10)12(21-22)13(19)23/h1-2,5,20H,3-4,6H2,(H2,19,23). The molecule has 23 heavy (non-hydrogen) atoms. The van der Waals surface area contributed by atoms with Gasteiger partial charge in [0.2, 0.25) is 0 Å². The fraction of sp³-hybridized carbons (Fsp3) is 0.286. The molecule has 5 nitrogen and oxygen atoms in total. The highest BCUT2D eigenvalue weighted by molar-refractivity contribution is 6.32. The van der Waals surface area contributed by atoms with Gasteiger partial charge in [-0.2, -0.15) is 18.3 Å². The molecule has 1 aromatic carbocycles. The molecule has 1 aromatic heterocycles. The van der Waals surface area contributed by atoms with Crippen LogP contribution in [0.5, 0.6) is 0 Å². The van der Waals surface area contributed by atoms with Gasteiger partial charge in [0.1, 0.15) is 0 Å². The normalized spacial score (nSPS) is 14.6. The lowest BCUT2D eigenvalue weighted by molar-refractivity contribution is -0.137. The zero-order valence-corrected chi connectivity index (χ0v) is 12.5. The minimum absolute atomic E-state index is 0.0423. The first kappa shape index (κ1) is 15.8. The predicted molar refractivity (Wildman–Crippen MR) is 77.5 cm³/mol. The summed E-state index contributed by atoms with van der Waals surface area (Å²) in [7, 11) is 0. The second kappa shape index (κ2) is 5.54. The third-order valence-corrected chi connectivity index (χ3v) is 3.98. The van der Waals surface area contributed by atoms with Crippen molar-refractivity contribution in [1.29, 1.82) is 0 Å². The van der Waals surface area contributed by atoms with E-state index in [4.69, 9.17) is 17.3 Å². The van der Waals surface area contributed by atoms with Crippen LogP contribution in [0.3, 0.4) is 0 Å². The zero-order chi connectivity index (χ0) is 16.8. The van der Waals surface area contributed by atoms with Crippen molar-refractivity contribution in [3.05, 3.63) is 45.7 Å².